The summed E-state index contributed by atoms with van der Waals surface area (Å²) < 4.78 is 6.46. The van der Waals surface area contributed by atoms with Gasteiger partial charge in [0.1, 0.15) is 0 Å². The molecule has 5 nitrogen and oxygen atoms in total. The van der Waals surface area contributed by atoms with Crippen LogP contribution < -0.4 is 5.32 Å². The zero-order valence-corrected chi connectivity index (χ0v) is 14.6. The smallest absolute Gasteiger partial charge is 0.339 e. The molecule has 4 rings (SSSR count). The molecule has 0 spiro atoms. The minimum absolute atomic E-state index is 0.338. The van der Waals surface area contributed by atoms with Crippen LogP contribution in [0.3, 0.4) is 0 Å². The first-order valence-electron chi connectivity index (χ1n) is 7.95. The fourth-order valence-electron chi connectivity index (χ4n) is 3.03. The molecule has 0 unspecified atom stereocenters. The second-order valence-corrected chi connectivity index (χ2v) is 7.38. The number of benzene rings is 2. The van der Waals surface area contributed by atoms with Crippen molar-refractivity contribution in [1.82, 2.24) is 4.98 Å². The molecule has 2 aromatic carbocycles. The van der Waals surface area contributed by atoms with Gasteiger partial charge in [0.25, 0.3) is 5.91 Å². The van der Waals surface area contributed by atoms with Crippen LogP contribution in [0.5, 0.6) is 0 Å². The normalized spacial score (nSPS) is 19.4. The Morgan fingerprint density at radius 3 is 2.84 bits per heavy atom. The number of aryl methyl sites for hydroxylation is 1. The first-order valence-corrected chi connectivity index (χ1v) is 8.77. The number of hydrogen-bond acceptors (Lipinski definition) is 5. The number of nitrogens with zero attached hydrogens (tertiary/aromatic N) is 1. The van der Waals surface area contributed by atoms with E-state index in [4.69, 9.17) is 4.74 Å². The van der Waals surface area contributed by atoms with Crippen LogP contribution in [0.25, 0.3) is 10.2 Å². The van der Waals surface area contributed by atoms with Gasteiger partial charge < -0.3 is 4.74 Å². The highest BCUT2D eigenvalue weighted by Gasteiger charge is 2.42. The Bertz CT molecular complexity index is 1010. The summed E-state index contributed by atoms with van der Waals surface area (Å²) in [5.74, 6) is -0.841. The lowest BCUT2D eigenvalue weighted by Gasteiger charge is -2.32. The van der Waals surface area contributed by atoms with E-state index in [1.165, 1.54) is 11.3 Å². The maximum absolute atomic E-state index is 12.8. The number of carbonyl (C=O) groups excluding carboxylic acids is 2. The molecule has 1 aliphatic rings. The molecule has 2 heterocycles. The number of thiazole rings is 1. The molecular formula is C19H16N2O3S. The van der Waals surface area contributed by atoms with Crippen LogP contribution in [0.1, 0.15) is 28.4 Å². The summed E-state index contributed by atoms with van der Waals surface area (Å²) in [6.07, 6.45) is 0.338. The predicted molar refractivity (Wildman–Crippen MR) is 97.0 cm³/mol. The number of para-hydroxylation sites is 1. The molecule has 1 amide bonds. The van der Waals surface area contributed by atoms with E-state index in [2.05, 4.69) is 10.3 Å². The lowest BCUT2D eigenvalue weighted by atomic mass is 9.89. The lowest BCUT2D eigenvalue weighted by molar-refractivity contribution is -0.134. The molecule has 0 radical (unpaired) electrons. The van der Waals surface area contributed by atoms with Crippen LogP contribution in [0.15, 0.2) is 42.5 Å². The van der Waals surface area contributed by atoms with Crippen molar-refractivity contribution in [3.05, 3.63) is 59.2 Å². The van der Waals surface area contributed by atoms with Crippen LogP contribution in [0.4, 0.5) is 5.13 Å². The van der Waals surface area contributed by atoms with Gasteiger partial charge in [0.15, 0.2) is 10.7 Å². The average Bonchev–Trinajstić information content (AvgIpc) is 2.99. The number of fused-ring (bicyclic) bond motifs is 2. The average molecular weight is 352 g/mol. The predicted octanol–water partition coefficient (Wildman–Crippen LogP) is 3.72. The van der Waals surface area contributed by atoms with E-state index in [-0.39, 0.29) is 5.91 Å². The fourth-order valence-corrected chi connectivity index (χ4v) is 3.97. The van der Waals surface area contributed by atoms with Crippen LogP contribution in [-0.4, -0.2) is 22.5 Å². The molecule has 0 aliphatic carbocycles. The molecular weight excluding hydrogens is 336 g/mol. The van der Waals surface area contributed by atoms with Crippen molar-refractivity contribution in [1.29, 1.82) is 0 Å². The Morgan fingerprint density at radius 1 is 1.24 bits per heavy atom. The van der Waals surface area contributed by atoms with E-state index in [1.807, 2.05) is 37.3 Å². The van der Waals surface area contributed by atoms with Gasteiger partial charge in [-0.25, -0.2) is 9.78 Å². The topological polar surface area (TPSA) is 68.3 Å². The van der Waals surface area contributed by atoms with Crippen LogP contribution in [-0.2, 0) is 16.0 Å². The van der Waals surface area contributed by atoms with Gasteiger partial charge in [-0.15, -0.1) is 0 Å². The van der Waals surface area contributed by atoms with Crippen LogP contribution in [0.2, 0.25) is 0 Å². The maximum atomic E-state index is 12.8. The summed E-state index contributed by atoms with van der Waals surface area (Å²) in [7, 11) is 0. The minimum atomic E-state index is -1.25. The van der Waals surface area contributed by atoms with E-state index in [9.17, 15) is 9.59 Å². The molecule has 126 valence electrons. The lowest BCUT2D eigenvalue weighted by Crippen LogP contribution is -2.48. The first kappa shape index (κ1) is 15.8. The third-order valence-electron chi connectivity index (χ3n) is 4.40. The van der Waals surface area contributed by atoms with Gasteiger partial charge >= 0.3 is 5.97 Å². The standard InChI is InChI=1S/C19H16N2O3S/c1-11-6-5-9-14-15(11)20-18(25-14)21-17(23)19(2)10-12-7-3-4-8-13(12)16(22)24-19/h3-9H,10H2,1-2H3,(H,20,21,23)/t19-/m0/s1. The number of esters is 1. The highest BCUT2D eigenvalue weighted by molar-refractivity contribution is 7.22. The van der Waals surface area contributed by atoms with E-state index in [1.54, 1.807) is 19.1 Å². The number of cyclic esters (lactones) is 1. The van der Waals surface area contributed by atoms with Crippen molar-refractivity contribution in [3.8, 4) is 0 Å². The van der Waals surface area contributed by atoms with E-state index >= 15 is 0 Å². The summed E-state index contributed by atoms with van der Waals surface area (Å²) in [5, 5.41) is 3.32. The molecule has 1 atom stereocenters. The SMILES string of the molecule is Cc1cccc2sc(NC(=O)[C@]3(C)Cc4ccccc4C(=O)O3)nc12. The summed E-state index contributed by atoms with van der Waals surface area (Å²) in [4.78, 5) is 29.5. The Balaban J connectivity index is 1.62. The Kier molecular flexibility index (Phi) is 3.58. The molecule has 25 heavy (non-hydrogen) atoms. The monoisotopic (exact) mass is 352 g/mol. The largest absolute Gasteiger partial charge is 0.445 e. The van der Waals surface area contributed by atoms with Crippen molar-refractivity contribution >= 4 is 38.6 Å². The van der Waals surface area contributed by atoms with Crippen LogP contribution >= 0.6 is 11.3 Å². The highest BCUT2D eigenvalue weighted by atomic mass is 32.1. The van der Waals surface area contributed by atoms with Crippen molar-refractivity contribution in [2.75, 3.05) is 5.32 Å². The van der Waals surface area contributed by atoms with Gasteiger partial charge in [0.2, 0.25) is 0 Å². The highest BCUT2D eigenvalue weighted by Crippen LogP contribution is 2.32. The van der Waals surface area contributed by atoms with E-state index in [0.29, 0.717) is 17.1 Å². The minimum Gasteiger partial charge on any atom is -0.445 e. The van der Waals surface area contributed by atoms with Crippen LogP contribution in [0, 0.1) is 6.92 Å². The van der Waals surface area contributed by atoms with Gasteiger partial charge in [-0.05, 0) is 37.1 Å². The van der Waals surface area contributed by atoms with Crippen molar-refractivity contribution in [3.63, 3.8) is 0 Å². The Hall–Kier alpha value is -2.73. The number of hydrogen-bond donors (Lipinski definition) is 1. The maximum Gasteiger partial charge on any atom is 0.339 e. The summed E-state index contributed by atoms with van der Waals surface area (Å²) in [6.45, 7) is 3.61. The zero-order valence-electron chi connectivity index (χ0n) is 13.8. The molecule has 1 aliphatic heterocycles. The molecule has 0 saturated carbocycles. The number of nitrogens with one attached hydrogen (secondary N) is 1. The van der Waals surface area contributed by atoms with Gasteiger partial charge in [-0.3, -0.25) is 10.1 Å². The van der Waals surface area contributed by atoms with Crippen molar-refractivity contribution in [2.45, 2.75) is 25.9 Å². The van der Waals surface area contributed by atoms with Crippen molar-refractivity contribution in [2.24, 2.45) is 0 Å². The molecule has 0 fully saturated rings. The number of anilines is 1. The van der Waals surface area contributed by atoms with E-state index < -0.39 is 11.6 Å². The van der Waals surface area contributed by atoms with Gasteiger partial charge in [0, 0.05) is 6.42 Å². The summed E-state index contributed by atoms with van der Waals surface area (Å²) in [5.41, 5.74) is 2.01. The summed E-state index contributed by atoms with van der Waals surface area (Å²) in [6, 6.07) is 13.1. The van der Waals surface area contributed by atoms with Gasteiger partial charge in [-0.1, -0.05) is 41.7 Å². The number of amides is 1. The molecule has 6 heteroatoms. The van der Waals surface area contributed by atoms with Gasteiger partial charge in [0.05, 0.1) is 15.8 Å². The number of rotatable bonds is 2. The quantitative estimate of drug-likeness (QED) is 0.714. The zero-order chi connectivity index (χ0) is 17.6. The van der Waals surface area contributed by atoms with Crippen molar-refractivity contribution < 1.29 is 14.3 Å². The number of carbonyl (C=O) groups is 2. The molecule has 1 aromatic heterocycles. The molecule has 3 aromatic rings. The fraction of sp³-hybridized carbons (Fsp3) is 0.211. The number of ether oxygens (including phenoxy) is 1. The van der Waals surface area contributed by atoms with Gasteiger partial charge in [-0.2, -0.15) is 0 Å². The second-order valence-electron chi connectivity index (χ2n) is 6.35. The molecule has 0 bridgehead atoms. The number of aromatic nitrogens is 1. The first-order chi connectivity index (χ1) is 12.0. The van der Waals surface area contributed by atoms with E-state index in [0.717, 1.165) is 21.3 Å². The third kappa shape index (κ3) is 2.68. The Labute approximate surface area is 148 Å². The molecule has 0 saturated heterocycles. The molecule has 1 N–H and O–H groups in total. The Morgan fingerprint density at radius 2 is 2.04 bits per heavy atom. The third-order valence-corrected chi connectivity index (χ3v) is 5.34. The summed E-state index contributed by atoms with van der Waals surface area (Å²) >= 11 is 1.41. The second kappa shape index (κ2) is 5.67.